The van der Waals surface area contributed by atoms with E-state index < -0.39 is 21.8 Å². The van der Waals surface area contributed by atoms with Gasteiger partial charge in [-0.15, -0.1) is 0 Å². The lowest BCUT2D eigenvalue weighted by molar-refractivity contribution is -0.597. The third kappa shape index (κ3) is 6.57. The van der Waals surface area contributed by atoms with Crippen LogP contribution < -0.4 is 21.2 Å². The summed E-state index contributed by atoms with van der Waals surface area (Å²) >= 11 is -0.0703. The molecule has 41 heavy (non-hydrogen) atoms. The number of alkyl halides is 2. The molecule has 0 saturated heterocycles. The van der Waals surface area contributed by atoms with Crippen LogP contribution in [0.25, 0.3) is 0 Å². The van der Waals surface area contributed by atoms with Gasteiger partial charge in [-0.1, -0.05) is 65.8 Å². The van der Waals surface area contributed by atoms with E-state index in [2.05, 4.69) is 90.1 Å². The quantitative estimate of drug-likeness (QED) is 0.244. The second-order valence-corrected chi connectivity index (χ2v) is 19.6. The topological polar surface area (TPSA) is 57.2 Å². The number of rotatable bonds is 5. The summed E-state index contributed by atoms with van der Waals surface area (Å²) in [5.41, 5.74) is 3.31. The van der Waals surface area contributed by atoms with Gasteiger partial charge in [0.2, 0.25) is 0 Å². The van der Waals surface area contributed by atoms with Crippen molar-refractivity contribution in [2.45, 2.75) is 96.2 Å². The smallest absolute Gasteiger partial charge is 0.357 e. The van der Waals surface area contributed by atoms with Crippen LogP contribution in [0.1, 0.15) is 91.2 Å². The maximum Gasteiger partial charge on any atom is 0.357 e. The van der Waals surface area contributed by atoms with E-state index >= 15 is 0 Å². The standard InChI is InChI=1S/C20H26I.C14H20F2O3S/c1-19(2,3)15-7-11-17(12-8-15)21-18-13-9-16(10-14-18)20(4,5)6;15-14(16,20(17,18)19)6-10-4-9-5-11(10)13-8-2-1-7(3-8)12(9)13/h7-14H,1-6H3;7-13H,1-6H2,(H,17,18,19)/q+1;/p-1. The van der Waals surface area contributed by atoms with Gasteiger partial charge in [-0.25, -0.2) is 8.42 Å². The molecule has 226 valence electrons. The molecule has 4 aliphatic rings. The third-order valence-electron chi connectivity index (χ3n) is 10.4. The Bertz CT molecular complexity index is 1270. The Kier molecular flexibility index (Phi) is 8.52. The largest absolute Gasteiger partial charge is 0.743 e. The molecule has 6 rings (SSSR count). The van der Waals surface area contributed by atoms with E-state index in [0.717, 1.165) is 12.3 Å². The highest BCUT2D eigenvalue weighted by molar-refractivity contribution is 7.86. The van der Waals surface area contributed by atoms with Gasteiger partial charge in [0.1, 0.15) is 0 Å². The van der Waals surface area contributed by atoms with Gasteiger partial charge in [0, 0.05) is 6.42 Å². The molecule has 0 amide bonds. The number of hydrogen-bond donors (Lipinski definition) is 0. The summed E-state index contributed by atoms with van der Waals surface area (Å²) in [6, 6.07) is 18.4. The molecule has 0 N–H and O–H groups in total. The van der Waals surface area contributed by atoms with Crippen LogP contribution in [0.3, 0.4) is 0 Å². The van der Waals surface area contributed by atoms with Crippen molar-refractivity contribution in [1.82, 2.24) is 0 Å². The van der Waals surface area contributed by atoms with Crippen LogP contribution in [0.15, 0.2) is 48.5 Å². The van der Waals surface area contributed by atoms with Crippen molar-refractivity contribution in [3.8, 4) is 0 Å². The van der Waals surface area contributed by atoms with Crippen molar-refractivity contribution >= 4 is 10.1 Å². The first-order valence-corrected chi connectivity index (χ1v) is 18.7. The van der Waals surface area contributed by atoms with Gasteiger partial charge in [-0.05, 0) is 120 Å². The molecule has 2 aromatic carbocycles. The highest BCUT2D eigenvalue weighted by Crippen LogP contribution is 2.69. The van der Waals surface area contributed by atoms with E-state index in [-0.39, 0.29) is 43.9 Å². The van der Waals surface area contributed by atoms with E-state index in [0.29, 0.717) is 30.1 Å². The van der Waals surface area contributed by atoms with E-state index in [1.54, 1.807) is 0 Å². The normalized spacial score (nSPS) is 30.7. The molecule has 3 nitrogen and oxygen atoms in total. The SMILES string of the molecule is CC(C)(C)c1ccc([I+]c2ccc(C(C)(C)C)cc2)cc1.O=S(=O)([O-])C(F)(F)CC1CC2CC1C1C3CCC(C3)C21. The Morgan fingerprint density at radius 3 is 1.63 bits per heavy atom. The first kappa shape index (κ1) is 31.4. The number of fused-ring (bicyclic) bond motifs is 9. The predicted octanol–water partition coefficient (Wildman–Crippen LogP) is 5.24. The molecular weight excluding hydrogens is 653 g/mol. The molecule has 4 fully saturated rings. The molecule has 4 bridgehead atoms. The molecule has 7 atom stereocenters. The maximum absolute atomic E-state index is 13.5. The van der Waals surface area contributed by atoms with E-state index in [9.17, 15) is 21.8 Å². The minimum Gasteiger partial charge on any atom is -0.743 e. The van der Waals surface area contributed by atoms with Crippen LogP contribution in [-0.2, 0) is 20.9 Å². The van der Waals surface area contributed by atoms with Crippen LogP contribution in [0.2, 0.25) is 0 Å². The fraction of sp³-hybridized carbons (Fsp3) is 0.647. The molecule has 4 aliphatic carbocycles. The van der Waals surface area contributed by atoms with Crippen LogP contribution >= 0.6 is 0 Å². The lowest BCUT2D eigenvalue weighted by Crippen LogP contribution is -3.61. The van der Waals surface area contributed by atoms with Gasteiger partial charge in [-0.3, -0.25) is 0 Å². The van der Waals surface area contributed by atoms with Crippen LogP contribution in [0, 0.1) is 48.6 Å². The highest BCUT2D eigenvalue weighted by Gasteiger charge is 2.63. The minimum absolute atomic E-state index is 0.0703. The second-order valence-electron chi connectivity index (χ2n) is 15.0. The van der Waals surface area contributed by atoms with Gasteiger partial charge in [0.05, 0.1) is 0 Å². The average molecular weight is 699 g/mol. The highest BCUT2D eigenvalue weighted by atomic mass is 127. The summed E-state index contributed by atoms with van der Waals surface area (Å²) in [4.78, 5) is 0. The summed E-state index contributed by atoms with van der Waals surface area (Å²) in [5, 5.41) is -4.09. The summed E-state index contributed by atoms with van der Waals surface area (Å²) < 4.78 is 62.1. The fourth-order valence-electron chi connectivity index (χ4n) is 8.50. The number of hydrogen-bond acceptors (Lipinski definition) is 3. The van der Waals surface area contributed by atoms with Gasteiger partial charge in [-0.2, -0.15) is 8.78 Å². The molecule has 2 aromatic rings. The molecule has 4 saturated carbocycles. The second kappa shape index (κ2) is 11.1. The van der Waals surface area contributed by atoms with Crippen molar-refractivity contribution in [3.63, 3.8) is 0 Å². The fourth-order valence-corrected chi connectivity index (χ4v) is 11.1. The van der Waals surface area contributed by atoms with Gasteiger partial charge >= 0.3 is 26.5 Å². The monoisotopic (exact) mass is 698 g/mol. The molecule has 0 aromatic heterocycles. The predicted molar refractivity (Wildman–Crippen MR) is 154 cm³/mol. The third-order valence-corrected chi connectivity index (χ3v) is 14.0. The Morgan fingerprint density at radius 2 is 1.20 bits per heavy atom. The molecule has 0 aliphatic heterocycles. The summed E-state index contributed by atoms with van der Waals surface area (Å²) in [6.07, 6.45) is 4.72. The van der Waals surface area contributed by atoms with E-state index in [1.807, 2.05) is 0 Å². The van der Waals surface area contributed by atoms with Gasteiger partial charge in [0.25, 0.3) is 0 Å². The molecule has 7 unspecified atom stereocenters. The Balaban J connectivity index is 0.000000165. The van der Waals surface area contributed by atoms with Crippen molar-refractivity contribution < 1.29 is 43.0 Å². The lowest BCUT2D eigenvalue weighted by atomic mass is 9.67. The zero-order chi connectivity index (χ0) is 30.0. The zero-order valence-corrected chi connectivity index (χ0v) is 28.1. The molecule has 0 spiro atoms. The Labute approximate surface area is 256 Å². The van der Waals surface area contributed by atoms with Gasteiger partial charge < -0.3 is 4.55 Å². The molecule has 7 heteroatoms. The van der Waals surface area contributed by atoms with Gasteiger partial charge in [0.15, 0.2) is 17.3 Å². The number of benzene rings is 2. The van der Waals surface area contributed by atoms with Crippen LogP contribution in [0.4, 0.5) is 8.78 Å². The van der Waals surface area contributed by atoms with Crippen molar-refractivity contribution in [2.75, 3.05) is 0 Å². The summed E-state index contributed by atoms with van der Waals surface area (Å²) in [5.74, 6) is 3.22. The van der Waals surface area contributed by atoms with E-state index in [1.165, 1.54) is 37.5 Å². The molecule has 0 heterocycles. The average Bonchev–Trinajstić information content (AvgIpc) is 3.64. The Hall–Kier alpha value is -1.06. The zero-order valence-electron chi connectivity index (χ0n) is 25.2. The van der Waals surface area contributed by atoms with Crippen LogP contribution in [-0.4, -0.2) is 18.2 Å². The van der Waals surface area contributed by atoms with Crippen molar-refractivity contribution in [2.24, 2.45) is 41.4 Å². The first-order valence-electron chi connectivity index (χ1n) is 15.1. The molecule has 0 radical (unpaired) electrons. The summed E-state index contributed by atoms with van der Waals surface area (Å²) in [6.45, 7) is 13.6. The van der Waals surface area contributed by atoms with Crippen molar-refractivity contribution in [3.05, 3.63) is 66.8 Å². The maximum atomic E-state index is 13.5. The van der Waals surface area contributed by atoms with Crippen LogP contribution in [0.5, 0.6) is 0 Å². The first-order chi connectivity index (χ1) is 18.9. The minimum atomic E-state index is -5.52. The Morgan fingerprint density at radius 1 is 0.732 bits per heavy atom. The summed E-state index contributed by atoms with van der Waals surface area (Å²) in [7, 11) is -5.52. The van der Waals surface area contributed by atoms with E-state index in [4.69, 9.17) is 0 Å². The number of halogens is 3. The van der Waals surface area contributed by atoms with Crippen molar-refractivity contribution in [1.29, 1.82) is 0 Å². The molecular formula is C34H45F2IO3S. The lowest BCUT2D eigenvalue weighted by Gasteiger charge is -2.39.